The molecule has 3 heteroatoms. The van der Waals surface area contributed by atoms with E-state index in [1.54, 1.807) is 0 Å². The maximum Gasteiger partial charge on any atom is 0.201 e. The third kappa shape index (κ3) is 1.16. The van der Waals surface area contributed by atoms with Crippen LogP contribution in [0.3, 0.4) is 0 Å². The molecule has 0 radical (unpaired) electrons. The molecule has 1 aromatic carbocycles. The SMILES string of the molecule is Cc1ccc2c(c1)nc(N)n2C1(C)CC1. The van der Waals surface area contributed by atoms with Crippen LogP contribution in [0.1, 0.15) is 25.3 Å². The molecule has 3 rings (SSSR count). The highest BCUT2D eigenvalue weighted by Gasteiger charge is 2.41. The first kappa shape index (κ1) is 8.77. The van der Waals surface area contributed by atoms with Crippen LogP contribution in [0.2, 0.25) is 0 Å². The first-order chi connectivity index (χ1) is 7.10. The van der Waals surface area contributed by atoms with Gasteiger partial charge in [-0.25, -0.2) is 4.98 Å². The van der Waals surface area contributed by atoms with Crippen molar-refractivity contribution in [3.8, 4) is 0 Å². The lowest BCUT2D eigenvalue weighted by Crippen LogP contribution is -2.14. The van der Waals surface area contributed by atoms with Gasteiger partial charge in [-0.3, -0.25) is 0 Å². The normalized spacial score (nSPS) is 18.3. The van der Waals surface area contributed by atoms with Crippen LogP contribution in [-0.4, -0.2) is 9.55 Å². The van der Waals surface area contributed by atoms with E-state index in [1.807, 2.05) is 0 Å². The lowest BCUT2D eigenvalue weighted by Gasteiger charge is -2.13. The fourth-order valence-electron chi connectivity index (χ4n) is 2.18. The number of nitrogens with two attached hydrogens (primary N) is 1. The number of fused-ring (bicyclic) bond motifs is 1. The molecule has 2 N–H and O–H groups in total. The quantitative estimate of drug-likeness (QED) is 0.770. The van der Waals surface area contributed by atoms with Gasteiger partial charge in [0.15, 0.2) is 0 Å². The van der Waals surface area contributed by atoms with Crippen molar-refractivity contribution in [2.75, 3.05) is 5.73 Å². The van der Waals surface area contributed by atoms with Crippen LogP contribution in [0.15, 0.2) is 18.2 Å². The molecule has 0 bridgehead atoms. The maximum atomic E-state index is 5.98. The van der Waals surface area contributed by atoms with Crippen LogP contribution in [0.25, 0.3) is 11.0 Å². The van der Waals surface area contributed by atoms with Crippen molar-refractivity contribution in [2.45, 2.75) is 32.2 Å². The smallest absolute Gasteiger partial charge is 0.201 e. The van der Waals surface area contributed by atoms with Gasteiger partial charge in [0, 0.05) is 5.54 Å². The lowest BCUT2D eigenvalue weighted by atomic mass is 10.2. The van der Waals surface area contributed by atoms with Gasteiger partial charge in [-0.1, -0.05) is 6.07 Å². The van der Waals surface area contributed by atoms with Gasteiger partial charge in [-0.05, 0) is 44.4 Å². The summed E-state index contributed by atoms with van der Waals surface area (Å²) >= 11 is 0. The van der Waals surface area contributed by atoms with E-state index < -0.39 is 0 Å². The predicted octanol–water partition coefficient (Wildman–Crippen LogP) is 2.44. The Balaban J connectivity index is 2.33. The summed E-state index contributed by atoms with van der Waals surface area (Å²) in [5, 5.41) is 0. The van der Waals surface area contributed by atoms with Crippen LogP contribution < -0.4 is 5.73 Å². The average molecular weight is 201 g/mol. The average Bonchev–Trinajstić information content (AvgIpc) is 2.79. The Morgan fingerprint density at radius 3 is 2.80 bits per heavy atom. The monoisotopic (exact) mass is 201 g/mol. The Bertz CT molecular complexity index is 535. The molecule has 1 heterocycles. The highest BCUT2D eigenvalue weighted by molar-refractivity contribution is 5.79. The van der Waals surface area contributed by atoms with Crippen LogP contribution in [-0.2, 0) is 5.54 Å². The third-order valence-electron chi connectivity index (χ3n) is 3.35. The first-order valence-electron chi connectivity index (χ1n) is 5.35. The molecule has 0 saturated heterocycles. The largest absolute Gasteiger partial charge is 0.369 e. The second-order valence-electron chi connectivity index (χ2n) is 4.79. The number of nitrogens with zero attached hydrogens (tertiary/aromatic N) is 2. The summed E-state index contributed by atoms with van der Waals surface area (Å²) in [6.07, 6.45) is 2.41. The second-order valence-corrected chi connectivity index (χ2v) is 4.79. The van der Waals surface area contributed by atoms with Crippen molar-refractivity contribution >= 4 is 17.0 Å². The van der Waals surface area contributed by atoms with Crippen molar-refractivity contribution in [1.82, 2.24) is 9.55 Å². The van der Waals surface area contributed by atoms with Crippen molar-refractivity contribution in [1.29, 1.82) is 0 Å². The number of hydrogen-bond acceptors (Lipinski definition) is 2. The molecule has 1 aliphatic carbocycles. The van der Waals surface area contributed by atoms with Crippen LogP contribution >= 0.6 is 0 Å². The molecule has 0 unspecified atom stereocenters. The number of aryl methyl sites for hydroxylation is 1. The molecule has 15 heavy (non-hydrogen) atoms. The molecule has 2 aromatic rings. The minimum Gasteiger partial charge on any atom is -0.369 e. The molecule has 3 nitrogen and oxygen atoms in total. The lowest BCUT2D eigenvalue weighted by molar-refractivity contribution is 0.556. The number of nitrogen functional groups attached to an aromatic ring is 1. The Morgan fingerprint density at radius 2 is 2.13 bits per heavy atom. The van der Waals surface area contributed by atoms with Crippen molar-refractivity contribution < 1.29 is 0 Å². The Morgan fingerprint density at radius 1 is 1.40 bits per heavy atom. The Kier molecular flexibility index (Phi) is 1.48. The highest BCUT2D eigenvalue weighted by atomic mass is 15.2. The fourth-order valence-corrected chi connectivity index (χ4v) is 2.18. The molecule has 0 amide bonds. The molecule has 1 saturated carbocycles. The van der Waals surface area contributed by atoms with Gasteiger partial charge < -0.3 is 10.3 Å². The van der Waals surface area contributed by atoms with E-state index in [0.717, 1.165) is 11.0 Å². The summed E-state index contributed by atoms with van der Waals surface area (Å²) in [7, 11) is 0. The van der Waals surface area contributed by atoms with E-state index in [2.05, 4.69) is 41.6 Å². The highest BCUT2D eigenvalue weighted by Crippen LogP contribution is 2.46. The maximum absolute atomic E-state index is 5.98. The van der Waals surface area contributed by atoms with Crippen LogP contribution in [0.5, 0.6) is 0 Å². The molecule has 0 spiro atoms. The number of anilines is 1. The van der Waals surface area contributed by atoms with Crippen molar-refractivity contribution in [2.24, 2.45) is 0 Å². The molecular formula is C12H15N3. The summed E-state index contributed by atoms with van der Waals surface area (Å²) in [4.78, 5) is 4.42. The molecular weight excluding hydrogens is 186 g/mol. The summed E-state index contributed by atoms with van der Waals surface area (Å²) in [6, 6.07) is 6.33. The Labute approximate surface area is 88.9 Å². The van der Waals surface area contributed by atoms with E-state index in [-0.39, 0.29) is 5.54 Å². The number of benzene rings is 1. The first-order valence-corrected chi connectivity index (χ1v) is 5.35. The number of rotatable bonds is 1. The predicted molar refractivity (Wildman–Crippen MR) is 61.8 cm³/mol. The minimum atomic E-state index is 0.216. The van der Waals surface area contributed by atoms with Crippen molar-refractivity contribution in [3.63, 3.8) is 0 Å². The molecule has 0 atom stereocenters. The van der Waals surface area contributed by atoms with Gasteiger partial charge in [0.25, 0.3) is 0 Å². The van der Waals surface area contributed by atoms with Gasteiger partial charge in [0.2, 0.25) is 5.95 Å². The molecule has 1 aromatic heterocycles. The number of aromatic nitrogens is 2. The third-order valence-corrected chi connectivity index (χ3v) is 3.35. The van der Waals surface area contributed by atoms with E-state index in [1.165, 1.54) is 18.4 Å². The van der Waals surface area contributed by atoms with E-state index in [0.29, 0.717) is 5.95 Å². The summed E-state index contributed by atoms with van der Waals surface area (Å²) in [5.74, 6) is 0.649. The summed E-state index contributed by atoms with van der Waals surface area (Å²) in [5.41, 5.74) is 9.61. The van der Waals surface area contributed by atoms with Crippen molar-refractivity contribution in [3.05, 3.63) is 23.8 Å². The zero-order valence-corrected chi connectivity index (χ0v) is 9.12. The van der Waals surface area contributed by atoms with E-state index >= 15 is 0 Å². The molecule has 78 valence electrons. The Hall–Kier alpha value is -1.51. The number of hydrogen-bond donors (Lipinski definition) is 1. The zero-order chi connectivity index (χ0) is 10.6. The van der Waals surface area contributed by atoms with Crippen LogP contribution in [0.4, 0.5) is 5.95 Å². The van der Waals surface area contributed by atoms with E-state index in [9.17, 15) is 0 Å². The minimum absolute atomic E-state index is 0.216. The van der Waals surface area contributed by atoms with Crippen LogP contribution in [0, 0.1) is 6.92 Å². The van der Waals surface area contributed by atoms with E-state index in [4.69, 9.17) is 5.73 Å². The standard InChI is InChI=1S/C12H15N3/c1-8-3-4-10-9(7-8)14-11(13)15(10)12(2)5-6-12/h3-4,7H,5-6H2,1-2H3,(H2,13,14). The topological polar surface area (TPSA) is 43.8 Å². The van der Waals surface area contributed by atoms with Gasteiger partial charge in [0.1, 0.15) is 0 Å². The number of imidazole rings is 1. The molecule has 0 aliphatic heterocycles. The summed E-state index contributed by atoms with van der Waals surface area (Å²) < 4.78 is 2.18. The van der Waals surface area contributed by atoms with Gasteiger partial charge >= 0.3 is 0 Å². The van der Waals surface area contributed by atoms with Gasteiger partial charge in [0.05, 0.1) is 11.0 Å². The second kappa shape index (κ2) is 2.54. The van der Waals surface area contributed by atoms with Gasteiger partial charge in [-0.2, -0.15) is 0 Å². The van der Waals surface area contributed by atoms with Gasteiger partial charge in [-0.15, -0.1) is 0 Å². The molecule has 1 aliphatic rings. The zero-order valence-electron chi connectivity index (χ0n) is 9.12. The molecule has 1 fully saturated rings. The fraction of sp³-hybridized carbons (Fsp3) is 0.417. The summed E-state index contributed by atoms with van der Waals surface area (Å²) in [6.45, 7) is 4.32.